The van der Waals surface area contributed by atoms with E-state index in [2.05, 4.69) is 10.6 Å². The van der Waals surface area contributed by atoms with Crippen molar-refractivity contribution >= 4 is 41.6 Å². The summed E-state index contributed by atoms with van der Waals surface area (Å²) in [6.07, 6.45) is 4.49. The van der Waals surface area contributed by atoms with Gasteiger partial charge < -0.3 is 21.3 Å². The lowest BCUT2D eigenvalue weighted by atomic mass is 10.1. The number of carbonyl (C=O) groups is 3. The van der Waals surface area contributed by atoms with E-state index in [1.54, 1.807) is 28.0 Å². The molecule has 4 N–H and O–H groups in total. The van der Waals surface area contributed by atoms with Gasteiger partial charge in [-0.2, -0.15) is 0 Å². The molecule has 2 aliphatic heterocycles. The average Bonchev–Trinajstić information content (AvgIpc) is 3.42. The molecule has 0 spiro atoms. The Morgan fingerprint density at radius 3 is 2.70 bits per heavy atom. The van der Waals surface area contributed by atoms with Gasteiger partial charge in [0, 0.05) is 43.7 Å². The highest BCUT2D eigenvalue weighted by Gasteiger charge is 2.35. The van der Waals surface area contributed by atoms with Gasteiger partial charge in [-0.05, 0) is 43.9 Å². The Kier molecular flexibility index (Phi) is 6.88. The highest BCUT2D eigenvalue weighted by atomic mass is 35.5. The molecule has 2 heterocycles. The van der Waals surface area contributed by atoms with Gasteiger partial charge in [0.15, 0.2) is 0 Å². The van der Waals surface area contributed by atoms with E-state index in [0.717, 1.165) is 18.8 Å². The zero-order valence-corrected chi connectivity index (χ0v) is 18.0. The van der Waals surface area contributed by atoms with Crippen LogP contribution in [0, 0.1) is 5.92 Å². The molecule has 2 atom stereocenters. The molecule has 1 aliphatic carbocycles. The van der Waals surface area contributed by atoms with E-state index in [0.29, 0.717) is 36.6 Å². The Hall–Kier alpha value is -2.32. The summed E-state index contributed by atoms with van der Waals surface area (Å²) in [5, 5.41) is 5.80. The molecule has 0 radical (unpaired) electrons. The maximum absolute atomic E-state index is 13.2. The minimum absolute atomic E-state index is 0. The lowest BCUT2D eigenvalue weighted by molar-refractivity contribution is -0.116. The van der Waals surface area contributed by atoms with Gasteiger partial charge in [0.05, 0.1) is 11.4 Å². The summed E-state index contributed by atoms with van der Waals surface area (Å²) in [5.74, 6) is 0.420. The second kappa shape index (κ2) is 9.22. The van der Waals surface area contributed by atoms with Gasteiger partial charge in [-0.3, -0.25) is 14.5 Å². The number of hydrogen-bond acceptors (Lipinski definition) is 4. The minimum Gasteiger partial charge on any atom is -0.352 e. The number of carbonyl (C=O) groups excluding carboxylic acids is 3. The maximum atomic E-state index is 13.2. The van der Waals surface area contributed by atoms with Gasteiger partial charge in [0.1, 0.15) is 0 Å². The Labute approximate surface area is 182 Å². The molecule has 8 nitrogen and oxygen atoms in total. The van der Waals surface area contributed by atoms with Crippen molar-refractivity contribution in [1.29, 1.82) is 0 Å². The first-order chi connectivity index (χ1) is 13.9. The molecular formula is C21H30ClN5O3. The number of amides is 4. The number of hydrogen-bond donors (Lipinski definition) is 3. The first-order valence-electron chi connectivity index (χ1n) is 10.5. The first kappa shape index (κ1) is 22.4. The van der Waals surface area contributed by atoms with Crippen LogP contribution in [0.15, 0.2) is 18.2 Å². The molecule has 30 heavy (non-hydrogen) atoms. The van der Waals surface area contributed by atoms with Crippen molar-refractivity contribution in [2.75, 3.05) is 29.9 Å². The molecule has 2 fully saturated rings. The SMILES string of the molecule is C[C@H]1CC(=O)Nc2cc(C(=O)NCCC3CC3)ccc2N1C(=O)N1CC[C@H](N)C1.Cl. The minimum atomic E-state index is -0.293. The van der Waals surface area contributed by atoms with Crippen LogP contribution < -0.4 is 21.3 Å². The highest BCUT2D eigenvalue weighted by Crippen LogP contribution is 2.34. The number of nitrogens with one attached hydrogen (secondary N) is 2. The zero-order chi connectivity index (χ0) is 20.5. The molecule has 164 valence electrons. The van der Waals surface area contributed by atoms with E-state index in [1.807, 2.05) is 6.92 Å². The largest absolute Gasteiger partial charge is 0.352 e. The van der Waals surface area contributed by atoms with Crippen molar-refractivity contribution < 1.29 is 14.4 Å². The number of anilines is 2. The number of nitrogens with two attached hydrogens (primary N) is 1. The lowest BCUT2D eigenvalue weighted by Crippen LogP contribution is -2.47. The van der Waals surface area contributed by atoms with Crippen molar-refractivity contribution in [3.05, 3.63) is 23.8 Å². The fraction of sp³-hybridized carbons (Fsp3) is 0.571. The lowest BCUT2D eigenvalue weighted by Gasteiger charge is -2.32. The van der Waals surface area contributed by atoms with Gasteiger partial charge in [-0.1, -0.05) is 12.8 Å². The third-order valence-corrected chi connectivity index (χ3v) is 5.95. The number of likely N-dealkylation sites (tertiary alicyclic amines) is 1. The second-order valence-corrected chi connectivity index (χ2v) is 8.47. The Morgan fingerprint density at radius 1 is 1.27 bits per heavy atom. The van der Waals surface area contributed by atoms with Crippen molar-refractivity contribution in [3.63, 3.8) is 0 Å². The van der Waals surface area contributed by atoms with Crippen LogP contribution in [0.4, 0.5) is 16.2 Å². The molecule has 0 bridgehead atoms. The normalized spacial score (nSPS) is 23.2. The van der Waals surface area contributed by atoms with Gasteiger partial charge in [-0.25, -0.2) is 4.79 Å². The number of rotatable bonds is 4. The quantitative estimate of drug-likeness (QED) is 0.674. The van der Waals surface area contributed by atoms with Gasteiger partial charge in [0.25, 0.3) is 5.91 Å². The van der Waals surface area contributed by atoms with E-state index in [9.17, 15) is 14.4 Å². The molecule has 1 saturated heterocycles. The van der Waals surface area contributed by atoms with Crippen LogP contribution in [0.25, 0.3) is 0 Å². The van der Waals surface area contributed by atoms with Crippen LogP contribution in [-0.2, 0) is 4.79 Å². The smallest absolute Gasteiger partial charge is 0.324 e. The third kappa shape index (κ3) is 4.87. The number of fused-ring (bicyclic) bond motifs is 1. The van der Waals surface area contributed by atoms with Crippen molar-refractivity contribution in [1.82, 2.24) is 10.2 Å². The maximum Gasteiger partial charge on any atom is 0.324 e. The molecule has 4 rings (SSSR count). The molecule has 1 saturated carbocycles. The molecule has 0 unspecified atom stereocenters. The van der Waals surface area contributed by atoms with Gasteiger partial charge >= 0.3 is 6.03 Å². The summed E-state index contributed by atoms with van der Waals surface area (Å²) in [7, 11) is 0. The van der Waals surface area contributed by atoms with Crippen molar-refractivity contribution in [3.8, 4) is 0 Å². The van der Waals surface area contributed by atoms with E-state index >= 15 is 0 Å². The van der Waals surface area contributed by atoms with Gasteiger partial charge in [-0.15, -0.1) is 12.4 Å². The standard InChI is InChI=1S/C21H29N5O3.ClH/c1-13-10-19(27)24-17-11-15(20(28)23-8-6-14-2-3-14)4-5-18(17)26(13)21(29)25-9-7-16(22)12-25;/h4-5,11,13-14,16H,2-3,6-10,12,22H2,1H3,(H,23,28)(H,24,27);1H/t13-,16-;/m0./s1. The molecular weight excluding hydrogens is 406 g/mol. The number of nitrogens with zero attached hydrogens (tertiary/aromatic N) is 2. The number of urea groups is 1. The third-order valence-electron chi connectivity index (χ3n) is 5.95. The summed E-state index contributed by atoms with van der Waals surface area (Å²) >= 11 is 0. The summed E-state index contributed by atoms with van der Waals surface area (Å²) < 4.78 is 0. The van der Waals surface area contributed by atoms with Crippen LogP contribution >= 0.6 is 12.4 Å². The Bertz CT molecular complexity index is 829. The van der Waals surface area contributed by atoms with Crippen LogP contribution in [0.5, 0.6) is 0 Å². The van der Waals surface area contributed by atoms with Crippen molar-refractivity contribution in [2.24, 2.45) is 11.7 Å². The van der Waals surface area contributed by atoms with E-state index in [4.69, 9.17) is 5.73 Å². The summed E-state index contributed by atoms with van der Waals surface area (Å²) in [5.41, 5.74) is 7.55. The predicted octanol–water partition coefficient (Wildman–Crippen LogP) is 2.33. The average molecular weight is 436 g/mol. The molecule has 0 aromatic heterocycles. The fourth-order valence-corrected chi connectivity index (χ4v) is 4.09. The Morgan fingerprint density at radius 2 is 2.03 bits per heavy atom. The number of halogens is 1. The molecule has 9 heteroatoms. The van der Waals surface area contributed by atoms with Crippen LogP contribution in [-0.4, -0.2) is 54.5 Å². The summed E-state index contributed by atoms with van der Waals surface area (Å²) in [6, 6.07) is 4.67. The van der Waals surface area contributed by atoms with Crippen LogP contribution in [0.3, 0.4) is 0 Å². The van der Waals surface area contributed by atoms with E-state index < -0.39 is 0 Å². The number of benzene rings is 1. The summed E-state index contributed by atoms with van der Waals surface area (Å²) in [4.78, 5) is 41.4. The zero-order valence-electron chi connectivity index (χ0n) is 17.2. The highest BCUT2D eigenvalue weighted by molar-refractivity contribution is 6.06. The van der Waals surface area contributed by atoms with Crippen LogP contribution in [0.1, 0.15) is 49.4 Å². The molecule has 1 aromatic carbocycles. The van der Waals surface area contributed by atoms with Crippen molar-refractivity contribution in [2.45, 2.75) is 51.1 Å². The summed E-state index contributed by atoms with van der Waals surface area (Å²) in [6.45, 7) is 3.65. The molecule has 3 aliphatic rings. The monoisotopic (exact) mass is 435 g/mol. The fourth-order valence-electron chi connectivity index (χ4n) is 4.09. The van der Waals surface area contributed by atoms with E-state index in [-0.39, 0.29) is 48.8 Å². The van der Waals surface area contributed by atoms with E-state index in [1.165, 1.54) is 12.8 Å². The Balaban J connectivity index is 0.00000256. The molecule has 1 aromatic rings. The topological polar surface area (TPSA) is 108 Å². The first-order valence-corrected chi connectivity index (χ1v) is 10.5. The van der Waals surface area contributed by atoms with Crippen LogP contribution in [0.2, 0.25) is 0 Å². The second-order valence-electron chi connectivity index (χ2n) is 8.47. The predicted molar refractivity (Wildman–Crippen MR) is 118 cm³/mol. The van der Waals surface area contributed by atoms with Gasteiger partial charge in [0.2, 0.25) is 5.91 Å². The molecule has 4 amide bonds.